The molecule has 123 heavy (non-hydrogen) atoms. The van der Waals surface area contributed by atoms with Gasteiger partial charge in [-0.25, -0.2) is 0 Å². The third-order valence-electron chi connectivity index (χ3n) is 24.8. The third-order valence-corrected chi connectivity index (χ3v) is 24.8. The number of nitrogens with zero attached hydrogens (tertiary/aromatic N) is 4. The van der Waals surface area contributed by atoms with Gasteiger partial charge in [0.2, 0.25) is 0 Å². The fraction of sp³-hybridized carbons (Fsp3) is 0.237. The van der Waals surface area contributed by atoms with Gasteiger partial charge in [0.15, 0.2) is 0 Å². The van der Waals surface area contributed by atoms with E-state index in [0.717, 1.165) is 64.8 Å². The molecule has 4 nitrogen and oxygen atoms in total. The summed E-state index contributed by atoms with van der Waals surface area (Å²) in [4.78, 5) is 3.89. The van der Waals surface area contributed by atoms with Crippen molar-refractivity contribution < 1.29 is 30.2 Å². The first kappa shape index (κ1) is 58.5. The predicted molar refractivity (Wildman–Crippen MR) is 533 cm³/mol. The van der Waals surface area contributed by atoms with Crippen LogP contribution in [0.25, 0.3) is 122 Å². The lowest BCUT2D eigenvalue weighted by Gasteiger charge is -2.47. The Labute approximate surface area is 761 Å². The van der Waals surface area contributed by atoms with Crippen molar-refractivity contribution in [1.29, 1.82) is 0 Å². The standard InChI is InChI=1S/C118H115BN4/c1-112(2,3)82-60-80(61-83(64-82)113(4,5)6)76-42-36-44-78(58-76)97-68-86(116(13,14)15)66-95(74-38-24-22-25-39-74)110(97)122-105-72-89(120-101-50-32-28-46-91(101)92-47-29-33-51-102(92)120)54-56-99(105)119-100-57-55-90(121-103-52-34-30-48-93(103)94-49-31-35-53-104(94)121)73-106(100)123(108-71-88(118(19,20)21)70-107(122)109(108)119)111-96(75-40-26-23-27-41-75)67-87(117(16,17)18)69-98(111)79-45-37-43-77(59-79)81-62-84(114(7,8)9)65-85(63-81)115(10,11)12/h22-73H,1-21H3/i28D,29D,30D,31D,32D,33D,34D,35D,46D,47D,48D,49D,50D,51D,52D,53D,54D,55D,56D,57D,72D,73D. The van der Waals surface area contributed by atoms with Crippen LogP contribution >= 0.6 is 0 Å². The average Bonchev–Trinajstić information content (AvgIpc) is 1.49. The molecule has 17 aromatic rings. The van der Waals surface area contributed by atoms with Crippen molar-refractivity contribution in [2.45, 2.75) is 183 Å². The summed E-state index contributed by atoms with van der Waals surface area (Å²) in [7, 11) is 0. The van der Waals surface area contributed by atoms with Crippen LogP contribution in [0.4, 0.5) is 34.1 Å². The topological polar surface area (TPSA) is 16.3 Å². The van der Waals surface area contributed by atoms with E-state index in [1.165, 1.54) is 0 Å². The number of benzene rings is 15. The smallest absolute Gasteiger partial charge is 0.252 e. The van der Waals surface area contributed by atoms with Crippen LogP contribution in [0.15, 0.2) is 315 Å². The molecule has 0 unspecified atom stereocenters. The number of hydrogen-bond donors (Lipinski definition) is 0. The second-order valence-electron chi connectivity index (χ2n) is 40.7. The van der Waals surface area contributed by atoms with Crippen LogP contribution in [-0.4, -0.2) is 15.8 Å². The number of hydrogen-bond acceptors (Lipinski definition) is 2. The number of fused-ring (bicyclic) bond motifs is 10. The molecule has 19 rings (SSSR count). The Morgan fingerprint density at radius 2 is 0.504 bits per heavy atom. The van der Waals surface area contributed by atoms with Crippen LogP contribution in [-0.2, 0) is 37.9 Å². The van der Waals surface area contributed by atoms with Crippen molar-refractivity contribution in [2.75, 3.05) is 9.80 Å². The molecule has 0 spiro atoms. The zero-order chi connectivity index (χ0) is 105. The predicted octanol–water partition coefficient (Wildman–Crippen LogP) is 31.0. The Morgan fingerprint density at radius 1 is 0.236 bits per heavy atom. The van der Waals surface area contributed by atoms with Crippen LogP contribution in [0, 0.1) is 0 Å². The van der Waals surface area contributed by atoms with Gasteiger partial charge >= 0.3 is 0 Å². The van der Waals surface area contributed by atoms with Crippen molar-refractivity contribution >= 4 is 101 Å². The molecule has 0 atom stereocenters. The highest BCUT2D eigenvalue weighted by Gasteiger charge is 2.47. The van der Waals surface area contributed by atoms with Gasteiger partial charge < -0.3 is 18.9 Å². The lowest BCUT2D eigenvalue weighted by atomic mass is 9.33. The molecule has 2 aromatic heterocycles. The molecule has 2 aliphatic rings. The second kappa shape index (κ2) is 29.1. The fourth-order valence-corrected chi connectivity index (χ4v) is 17.7. The van der Waals surface area contributed by atoms with Gasteiger partial charge in [-0.2, -0.15) is 0 Å². The third kappa shape index (κ3) is 14.1. The van der Waals surface area contributed by atoms with E-state index in [4.69, 9.17) is 0 Å². The van der Waals surface area contributed by atoms with Gasteiger partial charge in [-0.15, -0.1) is 0 Å². The molecule has 5 heteroatoms. The van der Waals surface area contributed by atoms with Crippen molar-refractivity contribution in [1.82, 2.24) is 9.13 Å². The van der Waals surface area contributed by atoms with Crippen LogP contribution in [0.5, 0.6) is 0 Å². The Bertz CT molecular complexity index is 7800. The second-order valence-corrected chi connectivity index (χ2v) is 40.7. The van der Waals surface area contributed by atoms with E-state index in [-0.39, 0.29) is 65.5 Å². The average molecular weight is 1620 g/mol. The molecule has 0 radical (unpaired) electrons. The molecule has 0 aliphatic carbocycles. The minimum absolute atomic E-state index is 0.166. The minimum atomic E-state index is -1.71. The molecule has 2 aliphatic heterocycles. The molecule has 0 saturated carbocycles. The molecule has 610 valence electrons. The number of para-hydroxylation sites is 4. The maximum Gasteiger partial charge on any atom is 0.252 e. The van der Waals surface area contributed by atoms with Gasteiger partial charge in [0.25, 0.3) is 6.71 Å². The lowest BCUT2D eigenvalue weighted by Crippen LogP contribution is -2.61. The summed E-state index contributed by atoms with van der Waals surface area (Å²) in [5.74, 6) is 0. The summed E-state index contributed by atoms with van der Waals surface area (Å²) < 4.78 is 228. The first-order chi connectivity index (χ1) is 67.6. The van der Waals surface area contributed by atoms with Crippen LogP contribution < -0.4 is 26.2 Å². The number of aromatic nitrogens is 2. The molecule has 0 fully saturated rings. The molecule has 0 saturated heterocycles. The van der Waals surface area contributed by atoms with Gasteiger partial charge in [0, 0.05) is 77.9 Å². The molecule has 0 bridgehead atoms. The number of anilines is 6. The van der Waals surface area contributed by atoms with E-state index in [9.17, 15) is 30.2 Å². The maximum absolute atomic E-state index is 12.1. The fourth-order valence-electron chi connectivity index (χ4n) is 17.7. The normalized spacial score (nSPS) is 15.9. The monoisotopic (exact) mass is 1620 g/mol. The first-order valence-corrected chi connectivity index (χ1v) is 42.7. The summed E-state index contributed by atoms with van der Waals surface area (Å²) >= 11 is 0. The summed E-state index contributed by atoms with van der Waals surface area (Å²) in [6, 6.07) is 46.3. The molecule has 0 amide bonds. The molecule has 4 heterocycles. The van der Waals surface area contributed by atoms with Crippen LogP contribution in [0.3, 0.4) is 0 Å². The largest absolute Gasteiger partial charge is 0.310 e. The highest BCUT2D eigenvalue weighted by Crippen LogP contribution is 2.57. The van der Waals surface area contributed by atoms with Crippen molar-refractivity contribution in [3.8, 4) is 78.1 Å². The molecule has 0 N–H and O–H groups in total. The minimum Gasteiger partial charge on any atom is -0.310 e. The zero-order valence-electron chi connectivity index (χ0n) is 96.2. The first-order valence-electron chi connectivity index (χ1n) is 53.7. The van der Waals surface area contributed by atoms with Gasteiger partial charge in [-0.1, -0.05) is 363 Å². The van der Waals surface area contributed by atoms with E-state index in [1.54, 1.807) is 0 Å². The van der Waals surface area contributed by atoms with Gasteiger partial charge in [0.1, 0.15) is 0 Å². The van der Waals surface area contributed by atoms with Crippen molar-refractivity contribution in [3.63, 3.8) is 0 Å². The van der Waals surface area contributed by atoms with Crippen molar-refractivity contribution in [2.24, 2.45) is 0 Å². The van der Waals surface area contributed by atoms with Gasteiger partial charge in [-0.05, 0) is 235 Å². The number of rotatable bonds is 10. The van der Waals surface area contributed by atoms with E-state index < -0.39 is 189 Å². The summed E-state index contributed by atoms with van der Waals surface area (Å²) in [5, 5.41) is -1.43. The molecule has 15 aromatic carbocycles. The summed E-state index contributed by atoms with van der Waals surface area (Å²) in [6.45, 7) is 43.6. The quantitative estimate of drug-likeness (QED) is 0.127. The van der Waals surface area contributed by atoms with Gasteiger partial charge in [0.05, 0.1) is 63.6 Å². The Kier molecular flexibility index (Phi) is 13.9. The van der Waals surface area contributed by atoms with Gasteiger partial charge in [-0.3, -0.25) is 0 Å². The summed E-state index contributed by atoms with van der Waals surface area (Å²) in [5.41, 5.74) is 9.97. The van der Waals surface area contributed by atoms with E-state index in [1.807, 2.05) is 107 Å². The Balaban J connectivity index is 1.09. The zero-order valence-corrected chi connectivity index (χ0v) is 74.2. The van der Waals surface area contributed by atoms with Crippen molar-refractivity contribution in [3.05, 3.63) is 354 Å². The molecular formula is C118H115BN4. The highest BCUT2D eigenvalue weighted by atomic mass is 15.2. The van der Waals surface area contributed by atoms with E-state index in [2.05, 4.69) is 230 Å². The Morgan fingerprint density at radius 3 is 0.813 bits per heavy atom. The van der Waals surface area contributed by atoms with E-state index in [0.29, 0.717) is 78.3 Å². The Hall–Kier alpha value is -12.4. The van der Waals surface area contributed by atoms with E-state index >= 15 is 0 Å². The molecular weight excluding hydrogens is 1480 g/mol. The summed E-state index contributed by atoms with van der Waals surface area (Å²) in [6.07, 6.45) is 0. The van der Waals surface area contributed by atoms with Crippen LogP contribution in [0.1, 0.15) is 214 Å². The van der Waals surface area contributed by atoms with Crippen LogP contribution in [0.2, 0.25) is 0 Å². The SMILES string of the molecule is [2H]c1c([2H])c(-n2c3c([2H])c([2H])c([2H])c([2H])c3c3c([2H])c([2H])c([2H])c([2H])c32)c([2H])c2c1B1c3c(cc(C(C)(C)C)cc3N(c3c(-c4ccccc4)cc(C(C)(C)C)cc3-c3cccc(-c4cc(C(C)(C)C)cc(C(C)(C)C)c4)c3)c3c([2H])c(-n4c5c([2H])c([2H])c([2H])c([2H])c5c5c([2H])c([2H])c([2H])c([2H])c54)c([2H])c([2H])c31)N2c1c(-c2ccccc2)cc(C(C)(C)C)cc1-c1cccc(-c2cc(C(C)(C)C)cc(C(C)(C)C)c2)c1. The maximum atomic E-state index is 12.1. The lowest BCUT2D eigenvalue weighted by molar-refractivity contribution is 0.568. The highest BCUT2D eigenvalue weighted by molar-refractivity contribution is 7.00.